The Labute approximate surface area is 227 Å². The fourth-order valence-corrected chi connectivity index (χ4v) is 6.60. The zero-order valence-corrected chi connectivity index (χ0v) is 23.0. The molecule has 1 unspecified atom stereocenters. The Hall–Kier alpha value is -2.07. The van der Waals surface area contributed by atoms with Crippen molar-refractivity contribution < 1.29 is 17.9 Å². The normalized spacial score (nSPS) is 25.2. The first-order valence-electron chi connectivity index (χ1n) is 14.8. The molecule has 1 atom stereocenters. The van der Waals surface area contributed by atoms with E-state index >= 15 is 0 Å². The van der Waals surface area contributed by atoms with Crippen LogP contribution in [-0.4, -0.2) is 6.11 Å². The predicted octanol–water partition coefficient (Wildman–Crippen LogP) is 10.8. The highest BCUT2D eigenvalue weighted by Gasteiger charge is 2.43. The number of alkyl halides is 3. The van der Waals surface area contributed by atoms with E-state index in [4.69, 9.17) is 4.74 Å². The maximum absolute atomic E-state index is 14.9. The topological polar surface area (TPSA) is 9.23 Å². The summed E-state index contributed by atoms with van der Waals surface area (Å²) in [5.41, 5.74) is 2.99. The molecule has 0 aromatic heterocycles. The molecule has 0 saturated heterocycles. The highest BCUT2D eigenvalue weighted by molar-refractivity contribution is 5.28. The average molecular weight is 527 g/mol. The van der Waals surface area contributed by atoms with Crippen LogP contribution in [0.5, 0.6) is 0 Å². The number of benzene rings is 2. The third-order valence-electron chi connectivity index (χ3n) is 9.05. The van der Waals surface area contributed by atoms with Crippen molar-refractivity contribution in [2.24, 2.45) is 11.8 Å². The van der Waals surface area contributed by atoms with Crippen LogP contribution in [0.15, 0.2) is 61.2 Å². The number of rotatable bonds is 12. The van der Waals surface area contributed by atoms with Gasteiger partial charge in [-0.25, -0.2) is 4.39 Å². The van der Waals surface area contributed by atoms with Crippen molar-refractivity contribution in [1.82, 2.24) is 0 Å². The zero-order chi connectivity index (χ0) is 27.0. The van der Waals surface area contributed by atoms with Gasteiger partial charge in [0.05, 0.1) is 6.61 Å². The summed E-state index contributed by atoms with van der Waals surface area (Å²) in [5, 5.41) is 0. The molecule has 0 N–H and O–H groups in total. The van der Waals surface area contributed by atoms with Gasteiger partial charge < -0.3 is 4.74 Å². The Bertz CT molecular complexity index is 968. The molecule has 0 radical (unpaired) electrons. The lowest BCUT2D eigenvalue weighted by Gasteiger charge is -2.29. The molecule has 2 aliphatic carbocycles. The van der Waals surface area contributed by atoms with E-state index < -0.39 is 12.3 Å². The first-order chi connectivity index (χ1) is 18.4. The van der Waals surface area contributed by atoms with Crippen molar-refractivity contribution in [2.75, 3.05) is 0 Å². The summed E-state index contributed by atoms with van der Waals surface area (Å²) in [5.74, 6) is 2.57. The molecule has 0 amide bonds. The van der Waals surface area contributed by atoms with Gasteiger partial charge in [0.1, 0.15) is 0 Å². The molecule has 4 rings (SSSR count). The number of hydrogen-bond acceptors (Lipinski definition) is 1. The fourth-order valence-electron chi connectivity index (χ4n) is 6.60. The highest BCUT2D eigenvalue weighted by atomic mass is 19.3. The molecule has 208 valence electrons. The highest BCUT2D eigenvalue weighted by Crippen LogP contribution is 2.41. The minimum absolute atomic E-state index is 0.0301. The molecule has 2 aromatic carbocycles. The smallest absolute Gasteiger partial charge is 0.313 e. The van der Waals surface area contributed by atoms with Gasteiger partial charge in [0.25, 0.3) is 0 Å². The maximum atomic E-state index is 14.9. The van der Waals surface area contributed by atoms with Gasteiger partial charge in [-0.3, -0.25) is 0 Å². The van der Waals surface area contributed by atoms with Crippen molar-refractivity contribution >= 4 is 0 Å². The van der Waals surface area contributed by atoms with Crippen LogP contribution in [0.25, 0.3) is 0 Å². The molecule has 1 nitrogen and oxygen atoms in total. The van der Waals surface area contributed by atoms with Crippen LogP contribution in [0.2, 0.25) is 0 Å². The molecule has 2 saturated carbocycles. The molecule has 2 aromatic rings. The lowest BCUT2D eigenvalue weighted by Crippen LogP contribution is -2.27. The number of ether oxygens (including phenoxy) is 1. The lowest BCUT2D eigenvalue weighted by molar-refractivity contribution is -0.282. The molecule has 0 aliphatic heterocycles. The lowest BCUT2D eigenvalue weighted by atomic mass is 9.77. The molecule has 0 bridgehead atoms. The van der Waals surface area contributed by atoms with E-state index in [0.29, 0.717) is 17.4 Å². The minimum atomic E-state index is -3.89. The summed E-state index contributed by atoms with van der Waals surface area (Å²) >= 11 is 0. The van der Waals surface area contributed by atoms with Gasteiger partial charge in [-0.05, 0) is 110 Å². The van der Waals surface area contributed by atoms with E-state index in [0.717, 1.165) is 49.5 Å². The molecule has 2 aliphatic rings. The van der Waals surface area contributed by atoms with Crippen LogP contribution >= 0.6 is 0 Å². The van der Waals surface area contributed by atoms with Crippen molar-refractivity contribution in [2.45, 2.75) is 115 Å². The van der Waals surface area contributed by atoms with Crippen LogP contribution in [0.4, 0.5) is 13.2 Å². The first-order valence-corrected chi connectivity index (χ1v) is 14.8. The fraction of sp³-hybridized carbons (Fsp3) is 0.588. The van der Waals surface area contributed by atoms with Gasteiger partial charge in [0, 0.05) is 0 Å². The Kier molecular flexibility index (Phi) is 10.5. The average Bonchev–Trinajstić information content (AvgIpc) is 2.96. The Morgan fingerprint density at radius 3 is 1.82 bits per heavy atom. The monoisotopic (exact) mass is 526 g/mol. The van der Waals surface area contributed by atoms with E-state index in [1.807, 2.05) is 42.5 Å². The molecule has 4 heteroatoms. The van der Waals surface area contributed by atoms with E-state index in [9.17, 15) is 13.2 Å². The Morgan fingerprint density at radius 2 is 1.32 bits per heavy atom. The van der Waals surface area contributed by atoms with E-state index in [1.165, 1.54) is 62.6 Å². The summed E-state index contributed by atoms with van der Waals surface area (Å²) in [7, 11) is 0. The second-order valence-corrected chi connectivity index (χ2v) is 11.7. The number of hydrogen-bond donors (Lipinski definition) is 0. The summed E-state index contributed by atoms with van der Waals surface area (Å²) in [6, 6.07) is 14.4. The second-order valence-electron chi connectivity index (χ2n) is 11.7. The van der Waals surface area contributed by atoms with Crippen molar-refractivity contribution in [1.29, 1.82) is 0 Å². The van der Waals surface area contributed by atoms with Crippen LogP contribution in [-0.2, 0) is 11.3 Å². The summed E-state index contributed by atoms with van der Waals surface area (Å²) < 4.78 is 49.0. The van der Waals surface area contributed by atoms with Gasteiger partial charge in [0.15, 0.2) is 0 Å². The number of halogens is 3. The van der Waals surface area contributed by atoms with Crippen LogP contribution in [0, 0.1) is 11.8 Å². The predicted molar refractivity (Wildman–Crippen MR) is 150 cm³/mol. The quantitative estimate of drug-likeness (QED) is 0.250. The van der Waals surface area contributed by atoms with Gasteiger partial charge >= 0.3 is 6.11 Å². The SMILES string of the molecule is C=CCCC1CCC(c2ccc(COC(F)(F)C(F)c3ccc(C4CCC(CCC)CC4)cc3)cc2)CC1. The molecule has 0 heterocycles. The van der Waals surface area contributed by atoms with Crippen LogP contribution in [0.1, 0.15) is 124 Å². The van der Waals surface area contributed by atoms with Crippen LogP contribution in [0.3, 0.4) is 0 Å². The molecule has 38 heavy (non-hydrogen) atoms. The van der Waals surface area contributed by atoms with Gasteiger partial charge in [-0.15, -0.1) is 6.58 Å². The molecule has 2 fully saturated rings. The Balaban J connectivity index is 1.25. The summed E-state index contributed by atoms with van der Waals surface area (Å²) in [6.45, 7) is 5.73. The van der Waals surface area contributed by atoms with Gasteiger partial charge in [-0.1, -0.05) is 74.4 Å². The maximum Gasteiger partial charge on any atom is 0.391 e. The third-order valence-corrected chi connectivity index (χ3v) is 9.05. The van der Waals surface area contributed by atoms with Crippen molar-refractivity contribution in [3.63, 3.8) is 0 Å². The Morgan fingerprint density at radius 1 is 0.816 bits per heavy atom. The standard InChI is InChI=1S/C34H45F3O/c1-3-5-7-26-10-16-28(17-11-26)30-18-12-27(13-19-30)24-38-34(36,37)33(35)32-22-20-31(21-23-32)29-14-8-25(6-4-2)9-15-29/h3,12-13,18-23,25-26,28-29,33H,1,4-11,14-17,24H2,2H3. The summed E-state index contributed by atoms with van der Waals surface area (Å²) in [4.78, 5) is 0. The molecule has 0 spiro atoms. The molecular weight excluding hydrogens is 481 g/mol. The van der Waals surface area contributed by atoms with Gasteiger partial charge in [0.2, 0.25) is 6.17 Å². The second kappa shape index (κ2) is 13.8. The van der Waals surface area contributed by atoms with Crippen LogP contribution < -0.4 is 0 Å². The zero-order valence-electron chi connectivity index (χ0n) is 23.0. The first kappa shape index (κ1) is 28.9. The van der Waals surface area contributed by atoms with Gasteiger partial charge in [-0.2, -0.15) is 8.78 Å². The minimum Gasteiger partial charge on any atom is -0.313 e. The number of allylic oxidation sites excluding steroid dienone is 1. The molecular formula is C34H45F3O. The third kappa shape index (κ3) is 7.74. The largest absolute Gasteiger partial charge is 0.391 e. The summed E-state index contributed by atoms with van der Waals surface area (Å²) in [6.07, 6.45) is 9.90. The van der Waals surface area contributed by atoms with E-state index in [1.54, 1.807) is 0 Å². The van der Waals surface area contributed by atoms with E-state index in [2.05, 4.69) is 13.5 Å². The van der Waals surface area contributed by atoms with Crippen molar-refractivity contribution in [3.8, 4) is 0 Å². The van der Waals surface area contributed by atoms with E-state index in [-0.39, 0.29) is 12.2 Å². The van der Waals surface area contributed by atoms with Crippen molar-refractivity contribution in [3.05, 3.63) is 83.4 Å².